The number of amides is 1. The maximum absolute atomic E-state index is 12.9. The Morgan fingerprint density at radius 3 is 2.20 bits per heavy atom. The first-order chi connectivity index (χ1) is 12.0. The molecule has 25 heavy (non-hydrogen) atoms. The van der Waals surface area contributed by atoms with Gasteiger partial charge in [0.1, 0.15) is 5.82 Å². The molecule has 0 aliphatic carbocycles. The van der Waals surface area contributed by atoms with Crippen LogP contribution in [0.15, 0.2) is 53.4 Å². The molecule has 1 aliphatic heterocycles. The highest BCUT2D eigenvalue weighted by Crippen LogP contribution is 2.18. The average molecular weight is 364 g/mol. The Kier molecular flexibility index (Phi) is 5.12. The number of benzene rings is 2. The second-order valence-corrected chi connectivity index (χ2v) is 7.44. The van der Waals surface area contributed by atoms with Crippen molar-refractivity contribution in [2.24, 2.45) is 0 Å². The fraction of sp³-hybridized carbons (Fsp3) is 0.235. The summed E-state index contributed by atoms with van der Waals surface area (Å²) >= 11 is 0. The highest BCUT2D eigenvalue weighted by molar-refractivity contribution is 7.89. The predicted octanol–water partition coefficient (Wildman–Crippen LogP) is 2.10. The van der Waals surface area contributed by atoms with Gasteiger partial charge in [-0.15, -0.1) is 0 Å². The number of nitrogens with one attached hydrogen (secondary N) is 1. The lowest BCUT2D eigenvalue weighted by Crippen LogP contribution is -2.40. The van der Waals surface area contributed by atoms with E-state index in [2.05, 4.69) is 5.32 Å². The molecule has 2 aromatic carbocycles. The van der Waals surface area contributed by atoms with Crippen LogP contribution in [0.5, 0.6) is 0 Å². The van der Waals surface area contributed by atoms with Gasteiger partial charge in [-0.05, 0) is 48.5 Å². The van der Waals surface area contributed by atoms with Gasteiger partial charge < -0.3 is 10.1 Å². The fourth-order valence-corrected chi connectivity index (χ4v) is 3.86. The molecule has 3 rings (SSSR count). The molecule has 1 N–H and O–H groups in total. The van der Waals surface area contributed by atoms with Gasteiger partial charge in [0.15, 0.2) is 0 Å². The Balaban J connectivity index is 1.73. The molecule has 0 saturated carbocycles. The van der Waals surface area contributed by atoms with E-state index < -0.39 is 21.7 Å². The van der Waals surface area contributed by atoms with E-state index in [1.807, 2.05) is 0 Å². The molecule has 1 amide bonds. The van der Waals surface area contributed by atoms with E-state index >= 15 is 0 Å². The number of carbonyl (C=O) groups is 1. The summed E-state index contributed by atoms with van der Waals surface area (Å²) in [5.41, 5.74) is 0.765. The van der Waals surface area contributed by atoms with E-state index in [0.717, 1.165) is 0 Å². The van der Waals surface area contributed by atoms with E-state index in [9.17, 15) is 17.6 Å². The third-order valence-corrected chi connectivity index (χ3v) is 5.74. The van der Waals surface area contributed by atoms with Gasteiger partial charge in [-0.25, -0.2) is 12.8 Å². The molecule has 8 heteroatoms. The number of rotatable bonds is 4. The largest absolute Gasteiger partial charge is 0.379 e. The van der Waals surface area contributed by atoms with E-state index in [1.165, 1.54) is 52.8 Å². The predicted molar refractivity (Wildman–Crippen MR) is 90.4 cm³/mol. The first-order valence-electron chi connectivity index (χ1n) is 7.72. The number of morpholine rings is 1. The number of sulfonamides is 1. The Morgan fingerprint density at radius 2 is 1.60 bits per heavy atom. The van der Waals surface area contributed by atoms with Crippen LogP contribution in [0.25, 0.3) is 0 Å². The van der Waals surface area contributed by atoms with Gasteiger partial charge in [0, 0.05) is 24.3 Å². The lowest BCUT2D eigenvalue weighted by molar-refractivity contribution is 0.0730. The summed E-state index contributed by atoms with van der Waals surface area (Å²) in [4.78, 5) is 12.3. The van der Waals surface area contributed by atoms with Crippen molar-refractivity contribution < 1.29 is 22.3 Å². The van der Waals surface area contributed by atoms with Crippen LogP contribution >= 0.6 is 0 Å². The van der Waals surface area contributed by atoms with Crippen LogP contribution in [0.1, 0.15) is 10.4 Å². The lowest BCUT2D eigenvalue weighted by Gasteiger charge is -2.26. The van der Waals surface area contributed by atoms with Gasteiger partial charge in [-0.3, -0.25) is 4.79 Å². The van der Waals surface area contributed by atoms with Crippen LogP contribution in [0.4, 0.5) is 10.1 Å². The van der Waals surface area contributed by atoms with Crippen molar-refractivity contribution in [3.63, 3.8) is 0 Å². The van der Waals surface area contributed by atoms with Gasteiger partial charge in [-0.2, -0.15) is 4.31 Å². The molecular weight excluding hydrogens is 347 g/mol. The number of hydrogen-bond acceptors (Lipinski definition) is 4. The number of carbonyl (C=O) groups excluding carboxylic acids is 1. The summed E-state index contributed by atoms with van der Waals surface area (Å²) in [5, 5.41) is 2.63. The molecule has 0 unspecified atom stereocenters. The first kappa shape index (κ1) is 17.5. The van der Waals surface area contributed by atoms with E-state index in [0.29, 0.717) is 37.6 Å². The summed E-state index contributed by atoms with van der Waals surface area (Å²) in [5.74, 6) is -0.794. The molecule has 1 aliphatic rings. The zero-order chi connectivity index (χ0) is 17.9. The van der Waals surface area contributed by atoms with Crippen molar-refractivity contribution in [3.8, 4) is 0 Å². The summed E-state index contributed by atoms with van der Waals surface area (Å²) in [6, 6.07) is 11.1. The standard InChI is InChI=1S/C17H17FN2O4S/c18-14-3-5-15(6-4-14)19-17(21)13-1-7-16(8-2-13)25(22,23)20-9-11-24-12-10-20/h1-8H,9-12H2,(H,19,21). The zero-order valence-electron chi connectivity index (χ0n) is 13.3. The minimum Gasteiger partial charge on any atom is -0.379 e. The molecule has 0 spiro atoms. The van der Waals surface area contributed by atoms with Gasteiger partial charge in [0.05, 0.1) is 18.1 Å². The van der Waals surface area contributed by atoms with Crippen molar-refractivity contribution in [1.29, 1.82) is 0 Å². The van der Waals surface area contributed by atoms with E-state index in [1.54, 1.807) is 0 Å². The molecule has 6 nitrogen and oxygen atoms in total. The maximum atomic E-state index is 12.9. The number of nitrogens with zero attached hydrogens (tertiary/aromatic N) is 1. The van der Waals surface area contributed by atoms with Crippen molar-refractivity contribution >= 4 is 21.6 Å². The second kappa shape index (κ2) is 7.30. The molecule has 0 radical (unpaired) electrons. The summed E-state index contributed by atoms with van der Waals surface area (Å²) < 4.78 is 44.5. The van der Waals surface area contributed by atoms with Gasteiger partial charge >= 0.3 is 0 Å². The molecule has 132 valence electrons. The van der Waals surface area contributed by atoms with Crippen molar-refractivity contribution in [3.05, 3.63) is 59.9 Å². The maximum Gasteiger partial charge on any atom is 0.255 e. The Labute approximate surface area is 145 Å². The van der Waals surface area contributed by atoms with Crippen LogP contribution < -0.4 is 5.32 Å². The highest BCUT2D eigenvalue weighted by Gasteiger charge is 2.26. The number of anilines is 1. The third kappa shape index (κ3) is 4.04. The quantitative estimate of drug-likeness (QED) is 0.901. The van der Waals surface area contributed by atoms with E-state index in [4.69, 9.17) is 4.74 Å². The van der Waals surface area contributed by atoms with Crippen molar-refractivity contribution in [2.75, 3.05) is 31.6 Å². The Hall–Kier alpha value is -2.29. The minimum absolute atomic E-state index is 0.132. The lowest BCUT2D eigenvalue weighted by atomic mass is 10.2. The minimum atomic E-state index is -3.59. The van der Waals surface area contributed by atoms with Gasteiger partial charge in [0.2, 0.25) is 10.0 Å². The van der Waals surface area contributed by atoms with E-state index in [-0.39, 0.29) is 4.90 Å². The molecule has 0 atom stereocenters. The smallest absolute Gasteiger partial charge is 0.255 e. The molecule has 0 aromatic heterocycles. The summed E-state index contributed by atoms with van der Waals surface area (Å²) in [6.07, 6.45) is 0. The normalized spacial score (nSPS) is 15.7. The highest BCUT2D eigenvalue weighted by atomic mass is 32.2. The monoisotopic (exact) mass is 364 g/mol. The molecule has 1 saturated heterocycles. The van der Waals surface area contributed by atoms with Gasteiger partial charge in [-0.1, -0.05) is 0 Å². The van der Waals surface area contributed by atoms with Crippen LogP contribution in [0, 0.1) is 5.82 Å². The second-order valence-electron chi connectivity index (χ2n) is 5.50. The number of hydrogen-bond donors (Lipinski definition) is 1. The SMILES string of the molecule is O=C(Nc1ccc(F)cc1)c1ccc(S(=O)(=O)N2CCOCC2)cc1. The average Bonchev–Trinajstić information content (AvgIpc) is 2.64. The van der Waals surface area contributed by atoms with Crippen LogP contribution in [0.2, 0.25) is 0 Å². The first-order valence-corrected chi connectivity index (χ1v) is 9.16. The van der Waals surface area contributed by atoms with Crippen LogP contribution in [0.3, 0.4) is 0 Å². The molecule has 1 fully saturated rings. The summed E-state index contributed by atoms with van der Waals surface area (Å²) in [7, 11) is -3.59. The topological polar surface area (TPSA) is 75.7 Å². The number of halogens is 1. The van der Waals surface area contributed by atoms with Crippen molar-refractivity contribution in [2.45, 2.75) is 4.90 Å². The molecule has 1 heterocycles. The van der Waals surface area contributed by atoms with Crippen LogP contribution in [-0.4, -0.2) is 44.9 Å². The molecule has 0 bridgehead atoms. The third-order valence-electron chi connectivity index (χ3n) is 3.83. The Morgan fingerprint density at radius 1 is 1.00 bits per heavy atom. The molecule has 2 aromatic rings. The Bertz CT molecular complexity index is 845. The summed E-state index contributed by atoms with van der Waals surface area (Å²) in [6.45, 7) is 1.37. The molecular formula is C17H17FN2O4S. The van der Waals surface area contributed by atoms with Gasteiger partial charge in [0.25, 0.3) is 5.91 Å². The van der Waals surface area contributed by atoms with Crippen molar-refractivity contribution in [1.82, 2.24) is 4.31 Å². The number of ether oxygens (including phenoxy) is 1. The zero-order valence-corrected chi connectivity index (χ0v) is 14.1. The van der Waals surface area contributed by atoms with Crippen LogP contribution in [-0.2, 0) is 14.8 Å². The fourth-order valence-electron chi connectivity index (χ4n) is 2.45.